The number of nitrogens with one attached hydrogen (secondary N) is 1. The highest BCUT2D eigenvalue weighted by molar-refractivity contribution is 5.54. The molecule has 1 aliphatic rings. The summed E-state index contributed by atoms with van der Waals surface area (Å²) in [7, 11) is 0. The van der Waals surface area contributed by atoms with Crippen molar-refractivity contribution in [3.8, 4) is 0 Å². The summed E-state index contributed by atoms with van der Waals surface area (Å²) >= 11 is 0. The number of hydrogen-bond acceptors (Lipinski definition) is 2. The van der Waals surface area contributed by atoms with Crippen LogP contribution >= 0.6 is 0 Å². The van der Waals surface area contributed by atoms with Crippen LogP contribution in [0.15, 0.2) is 24.3 Å². The minimum atomic E-state index is 0.445. The predicted octanol–water partition coefficient (Wildman–Crippen LogP) is 3.36. The van der Waals surface area contributed by atoms with E-state index in [4.69, 9.17) is 5.73 Å². The van der Waals surface area contributed by atoms with Crippen LogP contribution in [0.2, 0.25) is 0 Å². The normalized spacial score (nSPS) is 21.8. The average molecular weight is 218 g/mol. The summed E-state index contributed by atoms with van der Waals surface area (Å²) in [4.78, 5) is 0. The smallest absolute Gasteiger partial charge is 0.0360 e. The van der Waals surface area contributed by atoms with Crippen LogP contribution in [-0.4, -0.2) is 6.54 Å². The van der Waals surface area contributed by atoms with E-state index in [0.717, 1.165) is 23.8 Å². The summed E-state index contributed by atoms with van der Waals surface area (Å²) in [5, 5.41) is 3.48. The van der Waals surface area contributed by atoms with Gasteiger partial charge < -0.3 is 11.1 Å². The molecule has 0 spiro atoms. The summed E-state index contributed by atoms with van der Waals surface area (Å²) in [5.41, 5.74) is 8.58. The van der Waals surface area contributed by atoms with E-state index in [1.807, 2.05) is 18.2 Å². The third-order valence-electron chi connectivity index (χ3n) is 4.72. The van der Waals surface area contributed by atoms with Crippen molar-refractivity contribution in [2.24, 2.45) is 16.7 Å². The Hall–Kier alpha value is -1.18. The number of nitrogens with two attached hydrogens (primary N) is 1. The van der Waals surface area contributed by atoms with Crippen LogP contribution in [-0.2, 0) is 0 Å². The molecular formula is C14H22N2. The van der Waals surface area contributed by atoms with Crippen molar-refractivity contribution in [1.29, 1.82) is 0 Å². The fourth-order valence-corrected chi connectivity index (χ4v) is 2.71. The first-order chi connectivity index (χ1) is 7.35. The summed E-state index contributed by atoms with van der Waals surface area (Å²) < 4.78 is 0. The van der Waals surface area contributed by atoms with Crippen LogP contribution in [0.3, 0.4) is 0 Å². The fourth-order valence-electron chi connectivity index (χ4n) is 2.71. The van der Waals surface area contributed by atoms with Gasteiger partial charge in [0.05, 0.1) is 0 Å². The zero-order valence-electron chi connectivity index (χ0n) is 10.7. The Morgan fingerprint density at radius 1 is 1.19 bits per heavy atom. The topological polar surface area (TPSA) is 38.0 Å². The molecule has 0 unspecified atom stereocenters. The van der Waals surface area contributed by atoms with E-state index < -0.39 is 0 Å². The summed E-state index contributed by atoms with van der Waals surface area (Å²) in [6.45, 7) is 10.4. The highest BCUT2D eigenvalue weighted by Crippen LogP contribution is 2.68. The molecule has 1 saturated carbocycles. The third-order valence-corrected chi connectivity index (χ3v) is 4.72. The van der Waals surface area contributed by atoms with Gasteiger partial charge in [-0.15, -0.1) is 0 Å². The Labute approximate surface area is 98.2 Å². The van der Waals surface area contributed by atoms with Crippen LogP contribution in [0.1, 0.15) is 27.7 Å². The van der Waals surface area contributed by atoms with E-state index >= 15 is 0 Å². The molecule has 1 aromatic rings. The summed E-state index contributed by atoms with van der Waals surface area (Å²) in [5.74, 6) is 0.737. The molecule has 0 aromatic heterocycles. The first kappa shape index (κ1) is 11.3. The molecule has 0 amide bonds. The first-order valence-electron chi connectivity index (χ1n) is 5.95. The van der Waals surface area contributed by atoms with Gasteiger partial charge in [0.15, 0.2) is 0 Å². The standard InChI is InChI=1S/C14H22N2/c1-13(2)12(14(13,3)4)9-16-11-7-5-6-10(15)8-11/h5-8,12,16H,9,15H2,1-4H3. The predicted molar refractivity (Wildman–Crippen MR) is 70.4 cm³/mol. The van der Waals surface area contributed by atoms with Crippen molar-refractivity contribution in [3.63, 3.8) is 0 Å². The van der Waals surface area contributed by atoms with E-state index in [2.05, 4.69) is 39.1 Å². The highest BCUT2D eigenvalue weighted by atomic mass is 14.9. The Bertz CT molecular complexity index is 379. The van der Waals surface area contributed by atoms with E-state index in [1.165, 1.54) is 0 Å². The van der Waals surface area contributed by atoms with Gasteiger partial charge in [0.1, 0.15) is 0 Å². The van der Waals surface area contributed by atoms with Gasteiger partial charge in [0, 0.05) is 17.9 Å². The van der Waals surface area contributed by atoms with Gasteiger partial charge >= 0.3 is 0 Å². The van der Waals surface area contributed by atoms with Crippen molar-refractivity contribution in [1.82, 2.24) is 0 Å². The molecule has 0 saturated heterocycles. The number of nitrogen functional groups attached to an aromatic ring is 1. The second kappa shape index (κ2) is 3.41. The number of benzene rings is 1. The summed E-state index contributed by atoms with van der Waals surface area (Å²) in [6, 6.07) is 7.96. The first-order valence-corrected chi connectivity index (χ1v) is 5.95. The molecule has 2 nitrogen and oxygen atoms in total. The molecule has 0 heterocycles. The van der Waals surface area contributed by atoms with Gasteiger partial charge in [0.25, 0.3) is 0 Å². The number of anilines is 2. The molecule has 2 heteroatoms. The average Bonchev–Trinajstić information content (AvgIpc) is 2.55. The lowest BCUT2D eigenvalue weighted by molar-refractivity contribution is 0.457. The molecular weight excluding hydrogens is 196 g/mol. The quantitative estimate of drug-likeness (QED) is 0.763. The highest BCUT2D eigenvalue weighted by Gasteiger charge is 2.63. The van der Waals surface area contributed by atoms with E-state index in [9.17, 15) is 0 Å². The van der Waals surface area contributed by atoms with Gasteiger partial charge in [-0.25, -0.2) is 0 Å². The van der Waals surface area contributed by atoms with Crippen molar-refractivity contribution in [3.05, 3.63) is 24.3 Å². The molecule has 3 N–H and O–H groups in total. The van der Waals surface area contributed by atoms with Gasteiger partial charge in [-0.05, 0) is 34.9 Å². The molecule has 1 aliphatic carbocycles. The van der Waals surface area contributed by atoms with Gasteiger partial charge in [-0.1, -0.05) is 33.8 Å². The van der Waals surface area contributed by atoms with Crippen molar-refractivity contribution in [2.45, 2.75) is 27.7 Å². The molecule has 0 atom stereocenters. The third kappa shape index (κ3) is 1.66. The molecule has 0 bridgehead atoms. The van der Waals surface area contributed by atoms with E-state index in [0.29, 0.717) is 10.8 Å². The van der Waals surface area contributed by atoms with Crippen LogP contribution in [0.5, 0.6) is 0 Å². The lowest BCUT2D eigenvalue weighted by Crippen LogP contribution is -2.08. The molecule has 1 fully saturated rings. The summed E-state index contributed by atoms with van der Waals surface area (Å²) in [6.07, 6.45) is 0. The zero-order chi connectivity index (χ0) is 12.0. The number of hydrogen-bond donors (Lipinski definition) is 2. The van der Waals surface area contributed by atoms with E-state index in [-0.39, 0.29) is 0 Å². The molecule has 16 heavy (non-hydrogen) atoms. The number of rotatable bonds is 3. The van der Waals surface area contributed by atoms with Crippen LogP contribution in [0.4, 0.5) is 11.4 Å². The fraction of sp³-hybridized carbons (Fsp3) is 0.571. The van der Waals surface area contributed by atoms with Crippen LogP contribution in [0, 0.1) is 16.7 Å². The molecule has 0 aliphatic heterocycles. The van der Waals surface area contributed by atoms with Crippen LogP contribution < -0.4 is 11.1 Å². The van der Waals surface area contributed by atoms with Gasteiger partial charge in [-0.2, -0.15) is 0 Å². The Morgan fingerprint density at radius 2 is 1.81 bits per heavy atom. The zero-order valence-corrected chi connectivity index (χ0v) is 10.7. The van der Waals surface area contributed by atoms with E-state index in [1.54, 1.807) is 0 Å². The monoisotopic (exact) mass is 218 g/mol. The molecule has 88 valence electrons. The molecule has 2 rings (SSSR count). The lowest BCUT2D eigenvalue weighted by atomic mass is 10.0. The Morgan fingerprint density at radius 3 is 2.31 bits per heavy atom. The Kier molecular flexibility index (Phi) is 2.41. The van der Waals surface area contributed by atoms with Crippen LogP contribution in [0.25, 0.3) is 0 Å². The minimum Gasteiger partial charge on any atom is -0.399 e. The Balaban J connectivity index is 1.95. The molecule has 0 radical (unpaired) electrons. The van der Waals surface area contributed by atoms with Crippen molar-refractivity contribution >= 4 is 11.4 Å². The second-order valence-corrected chi connectivity index (χ2v) is 6.00. The largest absolute Gasteiger partial charge is 0.399 e. The van der Waals surface area contributed by atoms with Crippen molar-refractivity contribution < 1.29 is 0 Å². The SMILES string of the molecule is CC1(C)C(CNc2cccc(N)c2)C1(C)C. The maximum atomic E-state index is 5.75. The van der Waals surface area contributed by atoms with Gasteiger partial charge in [-0.3, -0.25) is 0 Å². The van der Waals surface area contributed by atoms with Crippen molar-refractivity contribution in [2.75, 3.05) is 17.6 Å². The maximum absolute atomic E-state index is 5.75. The van der Waals surface area contributed by atoms with Gasteiger partial charge in [0.2, 0.25) is 0 Å². The lowest BCUT2D eigenvalue weighted by Gasteiger charge is -2.08. The second-order valence-electron chi connectivity index (χ2n) is 6.00. The molecule has 1 aromatic carbocycles. The minimum absolute atomic E-state index is 0.445. The maximum Gasteiger partial charge on any atom is 0.0360 e.